The maximum absolute atomic E-state index is 12.4. The van der Waals surface area contributed by atoms with E-state index < -0.39 is 18.0 Å². The lowest BCUT2D eigenvalue weighted by molar-refractivity contribution is -0.163. The van der Waals surface area contributed by atoms with Crippen LogP contribution in [0.3, 0.4) is 0 Å². The number of carboxylic acids is 1. The molecule has 4 aliphatic heterocycles. The molecule has 4 aliphatic rings. The van der Waals surface area contributed by atoms with Crippen LogP contribution in [0.1, 0.15) is 20.3 Å². The first-order valence-electron chi connectivity index (χ1n) is 10.1. The van der Waals surface area contributed by atoms with Crippen molar-refractivity contribution in [3.63, 3.8) is 0 Å². The summed E-state index contributed by atoms with van der Waals surface area (Å²) >= 11 is 1.61. The predicted octanol–water partition coefficient (Wildman–Crippen LogP) is -0.0640. The summed E-state index contributed by atoms with van der Waals surface area (Å²) in [5, 5.41) is 23.4. The fraction of sp³-hybridized carbons (Fsp3) is 0.789. The van der Waals surface area contributed by atoms with Crippen LogP contribution in [0.25, 0.3) is 0 Å². The van der Waals surface area contributed by atoms with E-state index in [9.17, 15) is 19.8 Å². The summed E-state index contributed by atoms with van der Waals surface area (Å²) in [6.45, 7) is 8.87. The molecule has 0 radical (unpaired) electrons. The first kappa shape index (κ1) is 20.2. The van der Waals surface area contributed by atoms with Crippen molar-refractivity contribution in [1.82, 2.24) is 15.1 Å². The highest BCUT2D eigenvalue weighted by Gasteiger charge is 2.60. The fourth-order valence-electron chi connectivity index (χ4n) is 4.94. The molecule has 3 saturated heterocycles. The van der Waals surface area contributed by atoms with Gasteiger partial charge in [0, 0.05) is 42.3 Å². The fourth-order valence-corrected chi connectivity index (χ4v) is 6.46. The Bertz CT molecular complexity index is 678. The summed E-state index contributed by atoms with van der Waals surface area (Å²) < 4.78 is 5.79. The lowest BCUT2D eigenvalue weighted by atomic mass is 9.79. The highest BCUT2D eigenvalue weighted by atomic mass is 32.2. The Morgan fingerprint density at radius 3 is 2.89 bits per heavy atom. The van der Waals surface area contributed by atoms with Gasteiger partial charge in [0.15, 0.2) is 0 Å². The molecule has 0 aliphatic carbocycles. The minimum Gasteiger partial charge on any atom is -0.477 e. The molecule has 4 heterocycles. The maximum atomic E-state index is 12.4. The number of nitrogens with one attached hydrogen (secondary N) is 1. The van der Waals surface area contributed by atoms with Crippen LogP contribution >= 0.6 is 11.8 Å². The molecular weight excluding hydrogens is 382 g/mol. The topological polar surface area (TPSA) is 102 Å². The number of aliphatic hydroxyl groups excluding tert-OH is 1. The van der Waals surface area contributed by atoms with Crippen LogP contribution in [0.4, 0.5) is 0 Å². The van der Waals surface area contributed by atoms with Crippen molar-refractivity contribution >= 4 is 23.6 Å². The molecule has 0 aromatic carbocycles. The molecule has 28 heavy (non-hydrogen) atoms. The lowest BCUT2D eigenvalue weighted by Crippen LogP contribution is -2.63. The average molecular weight is 412 g/mol. The first-order chi connectivity index (χ1) is 13.4. The number of carbonyl (C=O) groups excluding carboxylic acids is 1. The standard InChI is InChI=1S/C19H29N3O5S/c1-10-15-14(11(2)23)18(24)22(15)16(19(25)26)17(10)28-13-3-5-21(9-13)8-12-7-20-4-6-27-12/h10-15,20,23H,3-9H2,1-2H3,(H,25,26)/t10-,11?,12-,13-,14-,15-/m1/s1. The second-order valence-corrected chi connectivity index (χ2v) is 9.60. The van der Waals surface area contributed by atoms with Crippen molar-refractivity contribution < 1.29 is 24.5 Å². The Kier molecular flexibility index (Phi) is 5.72. The van der Waals surface area contributed by atoms with Gasteiger partial charge in [-0.05, 0) is 19.9 Å². The van der Waals surface area contributed by atoms with E-state index in [2.05, 4.69) is 10.2 Å². The number of hydrogen-bond donors (Lipinski definition) is 3. The maximum Gasteiger partial charge on any atom is 0.353 e. The molecule has 3 N–H and O–H groups in total. The Morgan fingerprint density at radius 2 is 2.25 bits per heavy atom. The number of thioether (sulfide) groups is 1. The summed E-state index contributed by atoms with van der Waals surface area (Å²) in [6, 6.07) is -0.236. The molecule has 0 aromatic rings. The number of ether oxygens (including phenoxy) is 1. The van der Waals surface area contributed by atoms with E-state index in [1.165, 1.54) is 4.90 Å². The van der Waals surface area contributed by atoms with Crippen LogP contribution in [-0.2, 0) is 14.3 Å². The molecule has 1 unspecified atom stereocenters. The molecule has 3 fully saturated rings. The summed E-state index contributed by atoms with van der Waals surface area (Å²) in [5.41, 5.74) is 0.127. The molecule has 0 bridgehead atoms. The summed E-state index contributed by atoms with van der Waals surface area (Å²) in [6.07, 6.45) is 0.441. The smallest absolute Gasteiger partial charge is 0.353 e. The molecule has 0 saturated carbocycles. The van der Waals surface area contributed by atoms with Crippen molar-refractivity contribution in [2.24, 2.45) is 11.8 Å². The number of aliphatic carboxylic acids is 1. The van der Waals surface area contributed by atoms with Crippen LogP contribution in [0, 0.1) is 11.8 Å². The molecule has 1 amide bonds. The van der Waals surface area contributed by atoms with E-state index in [0.717, 1.165) is 50.7 Å². The van der Waals surface area contributed by atoms with Gasteiger partial charge in [-0.15, -0.1) is 11.8 Å². The molecule has 0 spiro atoms. The number of carboxylic acid groups (broad SMARTS) is 1. The first-order valence-corrected chi connectivity index (χ1v) is 11.0. The van der Waals surface area contributed by atoms with Crippen LogP contribution in [0.15, 0.2) is 10.6 Å². The van der Waals surface area contributed by atoms with Crippen molar-refractivity contribution in [1.29, 1.82) is 0 Å². The molecule has 156 valence electrons. The van der Waals surface area contributed by atoms with E-state index in [1.807, 2.05) is 6.92 Å². The number of likely N-dealkylation sites (tertiary alicyclic amines) is 1. The SMILES string of the molecule is CC(O)[C@H]1C(=O)N2C(C(=O)O)=C(S[C@@H]3CCN(C[C@H]4CNCCO4)C3)[C@H](C)[C@H]12. The Balaban J connectivity index is 1.42. The van der Waals surface area contributed by atoms with E-state index in [1.54, 1.807) is 18.7 Å². The zero-order valence-corrected chi connectivity index (χ0v) is 17.2. The van der Waals surface area contributed by atoms with E-state index in [0.29, 0.717) is 5.25 Å². The highest BCUT2D eigenvalue weighted by molar-refractivity contribution is 8.03. The van der Waals surface area contributed by atoms with Crippen LogP contribution in [0.5, 0.6) is 0 Å². The largest absolute Gasteiger partial charge is 0.477 e. The van der Waals surface area contributed by atoms with Crippen molar-refractivity contribution in [3.8, 4) is 0 Å². The van der Waals surface area contributed by atoms with Gasteiger partial charge in [-0.3, -0.25) is 9.69 Å². The van der Waals surface area contributed by atoms with E-state index >= 15 is 0 Å². The third-order valence-electron chi connectivity index (χ3n) is 6.30. The Morgan fingerprint density at radius 1 is 1.46 bits per heavy atom. The van der Waals surface area contributed by atoms with E-state index in [4.69, 9.17) is 4.74 Å². The van der Waals surface area contributed by atoms with Crippen molar-refractivity contribution in [3.05, 3.63) is 10.6 Å². The monoisotopic (exact) mass is 411 g/mol. The van der Waals surface area contributed by atoms with Gasteiger partial charge >= 0.3 is 5.97 Å². The van der Waals surface area contributed by atoms with E-state index in [-0.39, 0.29) is 29.7 Å². The van der Waals surface area contributed by atoms with Gasteiger partial charge in [-0.1, -0.05) is 6.92 Å². The van der Waals surface area contributed by atoms with Crippen LogP contribution in [-0.4, -0.2) is 94.7 Å². The summed E-state index contributed by atoms with van der Waals surface area (Å²) in [4.78, 5) is 28.9. The molecule has 9 heteroatoms. The lowest BCUT2D eigenvalue weighted by Gasteiger charge is -2.46. The second-order valence-electron chi connectivity index (χ2n) is 8.26. The third-order valence-corrected chi connectivity index (χ3v) is 7.84. The number of rotatable bonds is 6. The van der Waals surface area contributed by atoms with Gasteiger partial charge in [0.05, 0.1) is 30.8 Å². The number of nitrogens with zero attached hydrogens (tertiary/aromatic N) is 2. The highest BCUT2D eigenvalue weighted by Crippen LogP contribution is 2.51. The van der Waals surface area contributed by atoms with Gasteiger partial charge in [-0.25, -0.2) is 4.79 Å². The zero-order valence-electron chi connectivity index (χ0n) is 16.3. The third kappa shape index (κ3) is 3.47. The van der Waals surface area contributed by atoms with Crippen molar-refractivity contribution in [2.75, 3.05) is 39.3 Å². The quantitative estimate of drug-likeness (QED) is 0.523. The molecular formula is C19H29N3O5S. The Hall–Kier alpha value is -1.13. The number of hydrogen-bond acceptors (Lipinski definition) is 7. The minimum absolute atomic E-state index is 0.0617. The summed E-state index contributed by atoms with van der Waals surface area (Å²) in [7, 11) is 0. The number of β-lactam (4-membered cyclic amide) rings is 1. The average Bonchev–Trinajstić information content (AvgIpc) is 3.17. The van der Waals surface area contributed by atoms with Gasteiger partial charge in [0.1, 0.15) is 5.70 Å². The summed E-state index contributed by atoms with van der Waals surface area (Å²) in [5.74, 6) is -1.88. The van der Waals surface area contributed by atoms with Gasteiger partial charge in [-0.2, -0.15) is 0 Å². The number of fused-ring (bicyclic) bond motifs is 1. The number of aliphatic hydroxyl groups is 1. The molecule has 6 atom stereocenters. The van der Waals surface area contributed by atoms with Gasteiger partial charge in [0.25, 0.3) is 0 Å². The number of carbonyl (C=O) groups is 2. The second kappa shape index (κ2) is 7.95. The van der Waals surface area contributed by atoms with Crippen molar-refractivity contribution in [2.45, 2.75) is 43.8 Å². The minimum atomic E-state index is -1.05. The normalized spacial score (nSPS) is 37.2. The molecule has 0 aromatic heterocycles. The Labute approximate surface area is 169 Å². The van der Waals surface area contributed by atoms with Gasteiger partial charge < -0.3 is 25.2 Å². The molecule has 4 rings (SSSR count). The number of morpholine rings is 1. The van der Waals surface area contributed by atoms with Gasteiger partial charge in [0.2, 0.25) is 5.91 Å². The molecule has 8 nitrogen and oxygen atoms in total. The predicted molar refractivity (Wildman–Crippen MR) is 105 cm³/mol. The zero-order chi connectivity index (χ0) is 20.0. The van der Waals surface area contributed by atoms with Crippen LogP contribution < -0.4 is 5.32 Å². The number of amides is 1. The van der Waals surface area contributed by atoms with Crippen LogP contribution in [0.2, 0.25) is 0 Å².